The van der Waals surface area contributed by atoms with Gasteiger partial charge in [0.15, 0.2) is 0 Å². The van der Waals surface area contributed by atoms with Crippen LogP contribution in [-0.4, -0.2) is 38.3 Å². The summed E-state index contributed by atoms with van der Waals surface area (Å²) in [7, 11) is 0. The standard InChI is InChI=1S/C6H9N3O3/c7-4(2-10)6(12)9-1-5(11)8-3-9/h1,3-4,10-11H,2,7H2/t4-/m0/s1. The Labute approximate surface area is 68.3 Å². The molecule has 6 nitrogen and oxygen atoms in total. The fraction of sp³-hybridized carbons (Fsp3) is 0.333. The molecule has 4 N–H and O–H groups in total. The molecule has 1 aromatic heterocycles. The van der Waals surface area contributed by atoms with E-state index in [1.165, 1.54) is 0 Å². The highest BCUT2D eigenvalue weighted by Gasteiger charge is 2.14. The Morgan fingerprint density at radius 2 is 2.50 bits per heavy atom. The minimum absolute atomic E-state index is 0.256. The summed E-state index contributed by atoms with van der Waals surface area (Å²) in [6.45, 7) is -0.433. The molecule has 12 heavy (non-hydrogen) atoms. The lowest BCUT2D eigenvalue weighted by atomic mass is 10.3. The van der Waals surface area contributed by atoms with Crippen molar-refractivity contribution in [3.05, 3.63) is 12.5 Å². The van der Waals surface area contributed by atoms with Crippen molar-refractivity contribution in [2.45, 2.75) is 6.04 Å². The number of nitrogens with zero attached hydrogens (tertiary/aromatic N) is 2. The molecule has 0 saturated heterocycles. The van der Waals surface area contributed by atoms with Gasteiger partial charge in [-0.3, -0.25) is 9.36 Å². The lowest BCUT2D eigenvalue weighted by Gasteiger charge is -2.05. The summed E-state index contributed by atoms with van der Waals surface area (Å²) >= 11 is 0. The normalized spacial score (nSPS) is 12.8. The number of aliphatic hydroxyl groups excluding tert-OH is 1. The molecule has 1 rings (SSSR count). The maximum absolute atomic E-state index is 11.1. The smallest absolute Gasteiger partial charge is 0.251 e. The van der Waals surface area contributed by atoms with Crippen LogP contribution in [0, 0.1) is 0 Å². The molecule has 0 aliphatic carbocycles. The van der Waals surface area contributed by atoms with Gasteiger partial charge in [-0.1, -0.05) is 0 Å². The molecule has 0 spiro atoms. The summed E-state index contributed by atoms with van der Waals surface area (Å²) in [5, 5.41) is 17.3. The topological polar surface area (TPSA) is 101 Å². The fourth-order valence-corrected chi connectivity index (χ4v) is 0.703. The number of hydrogen-bond acceptors (Lipinski definition) is 5. The molecule has 0 bridgehead atoms. The van der Waals surface area contributed by atoms with Gasteiger partial charge in [0.1, 0.15) is 12.4 Å². The summed E-state index contributed by atoms with van der Waals surface area (Å²) in [5.74, 6) is -0.765. The Bertz CT molecular complexity index is 283. The maximum Gasteiger partial charge on any atom is 0.251 e. The molecule has 0 amide bonds. The summed E-state index contributed by atoms with van der Waals surface area (Å²) in [6.07, 6.45) is 2.26. The van der Waals surface area contributed by atoms with E-state index < -0.39 is 18.6 Å². The lowest BCUT2D eigenvalue weighted by Crippen LogP contribution is -2.37. The number of carbonyl (C=O) groups is 1. The van der Waals surface area contributed by atoms with Crippen molar-refractivity contribution in [3.63, 3.8) is 0 Å². The van der Waals surface area contributed by atoms with Crippen molar-refractivity contribution < 1.29 is 15.0 Å². The molecule has 6 heteroatoms. The van der Waals surface area contributed by atoms with Crippen LogP contribution in [-0.2, 0) is 0 Å². The molecule has 0 fully saturated rings. The third kappa shape index (κ3) is 1.60. The minimum atomic E-state index is -0.974. The van der Waals surface area contributed by atoms with Gasteiger partial charge in [-0.25, -0.2) is 4.98 Å². The average Bonchev–Trinajstić information content (AvgIpc) is 2.49. The molecule has 1 atom stereocenters. The van der Waals surface area contributed by atoms with Gasteiger partial charge < -0.3 is 15.9 Å². The molecular weight excluding hydrogens is 162 g/mol. The summed E-state index contributed by atoms with van der Waals surface area (Å²) in [5.41, 5.74) is 5.23. The summed E-state index contributed by atoms with van der Waals surface area (Å²) in [6, 6.07) is -0.974. The number of imidazole rings is 1. The predicted molar refractivity (Wildman–Crippen MR) is 39.6 cm³/mol. The van der Waals surface area contributed by atoms with Crippen LogP contribution in [0.2, 0.25) is 0 Å². The van der Waals surface area contributed by atoms with E-state index in [0.29, 0.717) is 0 Å². The number of nitrogens with two attached hydrogens (primary N) is 1. The summed E-state index contributed by atoms with van der Waals surface area (Å²) < 4.78 is 1.02. The Kier molecular flexibility index (Phi) is 2.41. The molecule has 1 heterocycles. The van der Waals surface area contributed by atoms with Crippen molar-refractivity contribution in [3.8, 4) is 5.88 Å². The summed E-state index contributed by atoms with van der Waals surface area (Å²) in [4.78, 5) is 14.5. The fourth-order valence-electron chi connectivity index (χ4n) is 0.703. The molecule has 0 aliphatic heterocycles. The van der Waals surface area contributed by atoms with E-state index in [0.717, 1.165) is 17.1 Å². The molecule has 0 radical (unpaired) electrons. The molecule has 1 aromatic rings. The van der Waals surface area contributed by atoms with Crippen LogP contribution in [0.4, 0.5) is 0 Å². The second-order valence-electron chi connectivity index (χ2n) is 2.27. The van der Waals surface area contributed by atoms with Crippen LogP contribution in [0.25, 0.3) is 0 Å². The van der Waals surface area contributed by atoms with Crippen molar-refractivity contribution in [2.24, 2.45) is 5.73 Å². The zero-order valence-corrected chi connectivity index (χ0v) is 6.21. The quantitative estimate of drug-likeness (QED) is 0.505. The molecular formula is C6H9N3O3. The number of hydrogen-bond donors (Lipinski definition) is 3. The maximum atomic E-state index is 11.1. The molecule has 0 unspecified atom stereocenters. The van der Waals surface area contributed by atoms with E-state index in [-0.39, 0.29) is 5.88 Å². The SMILES string of the molecule is N[C@@H](CO)C(=O)n1cnc(O)c1. The third-order valence-electron chi connectivity index (χ3n) is 1.34. The van der Waals surface area contributed by atoms with Crippen molar-refractivity contribution in [1.29, 1.82) is 0 Å². The zero-order chi connectivity index (χ0) is 9.14. The zero-order valence-electron chi connectivity index (χ0n) is 6.21. The molecule has 66 valence electrons. The number of aromatic nitrogens is 2. The number of carbonyl (C=O) groups excluding carboxylic acids is 1. The van der Waals surface area contributed by atoms with Gasteiger partial charge >= 0.3 is 0 Å². The first kappa shape index (κ1) is 8.69. The van der Waals surface area contributed by atoms with Crippen molar-refractivity contribution in [2.75, 3.05) is 6.61 Å². The van der Waals surface area contributed by atoms with Gasteiger partial charge in [0.05, 0.1) is 12.8 Å². The Morgan fingerprint density at radius 3 is 2.92 bits per heavy atom. The first-order chi connectivity index (χ1) is 5.65. The van der Waals surface area contributed by atoms with Gasteiger partial charge in [0.2, 0.25) is 5.88 Å². The van der Waals surface area contributed by atoms with Gasteiger partial charge in [-0.05, 0) is 0 Å². The average molecular weight is 171 g/mol. The predicted octanol–water partition coefficient (Wildman–Crippen LogP) is -1.45. The Balaban J connectivity index is 2.78. The second kappa shape index (κ2) is 3.33. The molecule has 0 aliphatic rings. The van der Waals surface area contributed by atoms with Crippen LogP contribution >= 0.6 is 0 Å². The van der Waals surface area contributed by atoms with E-state index in [1.54, 1.807) is 0 Å². The third-order valence-corrected chi connectivity index (χ3v) is 1.34. The highest BCUT2D eigenvalue weighted by atomic mass is 16.3. The monoisotopic (exact) mass is 171 g/mol. The second-order valence-corrected chi connectivity index (χ2v) is 2.27. The number of aromatic hydroxyl groups is 1. The van der Waals surface area contributed by atoms with Crippen LogP contribution < -0.4 is 5.73 Å². The number of aliphatic hydroxyl groups is 1. The first-order valence-corrected chi connectivity index (χ1v) is 3.28. The highest BCUT2D eigenvalue weighted by Crippen LogP contribution is 2.02. The van der Waals surface area contributed by atoms with Gasteiger partial charge in [-0.15, -0.1) is 0 Å². The van der Waals surface area contributed by atoms with Gasteiger partial charge in [0, 0.05) is 0 Å². The Morgan fingerprint density at radius 1 is 1.83 bits per heavy atom. The highest BCUT2D eigenvalue weighted by molar-refractivity contribution is 5.84. The van der Waals surface area contributed by atoms with Gasteiger partial charge in [-0.2, -0.15) is 0 Å². The van der Waals surface area contributed by atoms with Crippen molar-refractivity contribution >= 4 is 5.91 Å². The van der Waals surface area contributed by atoms with E-state index >= 15 is 0 Å². The van der Waals surface area contributed by atoms with Crippen molar-refractivity contribution in [1.82, 2.24) is 9.55 Å². The first-order valence-electron chi connectivity index (χ1n) is 3.28. The minimum Gasteiger partial charge on any atom is -0.492 e. The van der Waals surface area contributed by atoms with Gasteiger partial charge in [0.25, 0.3) is 5.91 Å². The number of rotatable bonds is 2. The Hall–Kier alpha value is -1.40. The van der Waals surface area contributed by atoms with E-state index in [4.69, 9.17) is 15.9 Å². The van der Waals surface area contributed by atoms with E-state index in [9.17, 15) is 4.79 Å². The van der Waals surface area contributed by atoms with E-state index in [2.05, 4.69) is 4.98 Å². The van der Waals surface area contributed by atoms with E-state index in [1.807, 2.05) is 0 Å². The lowest BCUT2D eigenvalue weighted by molar-refractivity contribution is 0.0841. The molecule has 0 saturated carbocycles. The van der Waals surface area contributed by atoms with Crippen LogP contribution in [0.1, 0.15) is 4.79 Å². The van der Waals surface area contributed by atoms with Crippen LogP contribution in [0.5, 0.6) is 5.88 Å². The largest absolute Gasteiger partial charge is 0.492 e. The van der Waals surface area contributed by atoms with Crippen LogP contribution in [0.3, 0.4) is 0 Å². The molecule has 0 aromatic carbocycles. The van der Waals surface area contributed by atoms with Crippen LogP contribution in [0.15, 0.2) is 12.5 Å².